The van der Waals surface area contributed by atoms with Crippen LogP contribution in [0.5, 0.6) is 23.0 Å². The number of ether oxygens (including phenoxy) is 3. The number of hydrogen-bond donors (Lipinski definition) is 2. The van der Waals surface area contributed by atoms with E-state index in [0.717, 1.165) is 62.1 Å². The molecule has 5 aromatic carbocycles. The van der Waals surface area contributed by atoms with E-state index in [1.807, 2.05) is 36.4 Å². The molecule has 6 rings (SSSR count). The first-order valence-corrected chi connectivity index (χ1v) is 13.9. The minimum Gasteiger partial charge on any atom is -0.491 e. The van der Waals surface area contributed by atoms with Crippen molar-refractivity contribution >= 4 is 21.5 Å². The Bertz CT molecular complexity index is 1560. The van der Waals surface area contributed by atoms with Crippen LogP contribution in [0.4, 0.5) is 0 Å². The van der Waals surface area contributed by atoms with Crippen molar-refractivity contribution < 1.29 is 24.4 Å². The zero-order valence-electron chi connectivity index (χ0n) is 22.9. The van der Waals surface area contributed by atoms with Crippen molar-refractivity contribution in [1.82, 2.24) is 0 Å². The Labute approximate surface area is 234 Å². The van der Waals surface area contributed by atoms with Gasteiger partial charge < -0.3 is 24.4 Å². The van der Waals surface area contributed by atoms with Crippen molar-refractivity contribution in [2.75, 3.05) is 26.4 Å². The lowest BCUT2D eigenvalue weighted by atomic mass is 9.78. The molecule has 0 amide bonds. The van der Waals surface area contributed by atoms with Gasteiger partial charge in [-0.25, -0.2) is 0 Å². The van der Waals surface area contributed by atoms with Gasteiger partial charge in [-0.1, -0.05) is 62.4 Å². The molecule has 0 bridgehead atoms. The first kappa shape index (κ1) is 26.2. The van der Waals surface area contributed by atoms with Crippen LogP contribution in [0.2, 0.25) is 0 Å². The summed E-state index contributed by atoms with van der Waals surface area (Å²) in [4.78, 5) is 0. The van der Waals surface area contributed by atoms with Crippen molar-refractivity contribution in [2.45, 2.75) is 26.2 Å². The maximum atomic E-state index is 9.21. The number of rotatable bonds is 9. The van der Waals surface area contributed by atoms with Crippen LogP contribution >= 0.6 is 0 Å². The molecule has 0 atom stereocenters. The summed E-state index contributed by atoms with van der Waals surface area (Å²) in [6.07, 6.45) is 1.04. The maximum Gasteiger partial charge on any atom is 0.132 e. The van der Waals surface area contributed by atoms with Gasteiger partial charge in [0, 0.05) is 17.0 Å². The largest absolute Gasteiger partial charge is 0.491 e. The summed E-state index contributed by atoms with van der Waals surface area (Å²) in [6.45, 7) is 4.95. The summed E-state index contributed by atoms with van der Waals surface area (Å²) >= 11 is 0. The molecule has 0 radical (unpaired) electrons. The summed E-state index contributed by atoms with van der Waals surface area (Å²) in [5.74, 6) is 3.70. The van der Waals surface area contributed by atoms with Crippen LogP contribution in [0.15, 0.2) is 84.9 Å². The Kier molecular flexibility index (Phi) is 7.33. The minimum absolute atomic E-state index is 0.0262. The van der Waals surface area contributed by atoms with Crippen molar-refractivity contribution in [1.29, 1.82) is 0 Å². The Hall–Kier alpha value is -4.06. The summed E-state index contributed by atoms with van der Waals surface area (Å²) in [5, 5.41) is 22.7. The third-order valence-corrected chi connectivity index (χ3v) is 7.46. The first-order valence-electron chi connectivity index (χ1n) is 13.9. The molecule has 0 unspecified atom stereocenters. The van der Waals surface area contributed by atoms with E-state index in [1.165, 1.54) is 11.1 Å². The molecule has 0 saturated heterocycles. The average molecular weight is 535 g/mol. The van der Waals surface area contributed by atoms with Gasteiger partial charge in [-0.2, -0.15) is 0 Å². The first-order chi connectivity index (χ1) is 19.6. The smallest absolute Gasteiger partial charge is 0.132 e. The molecule has 0 fully saturated rings. The highest BCUT2D eigenvalue weighted by atomic mass is 16.5. The Balaban J connectivity index is 1.55. The summed E-state index contributed by atoms with van der Waals surface area (Å²) in [6, 6.07) is 29.4. The van der Waals surface area contributed by atoms with Crippen molar-refractivity contribution in [2.24, 2.45) is 5.92 Å². The lowest BCUT2D eigenvalue weighted by molar-refractivity contribution is 0.201. The molecule has 40 heavy (non-hydrogen) atoms. The van der Waals surface area contributed by atoms with Crippen molar-refractivity contribution in [3.8, 4) is 23.0 Å². The fourth-order valence-electron chi connectivity index (χ4n) is 5.82. The second-order valence-electron chi connectivity index (χ2n) is 10.7. The van der Waals surface area contributed by atoms with Gasteiger partial charge in [-0.05, 0) is 81.4 Å². The fraction of sp³-hybridized carbons (Fsp3) is 0.257. The zero-order chi connectivity index (χ0) is 27.6. The van der Waals surface area contributed by atoms with E-state index in [1.54, 1.807) is 0 Å². The molecule has 1 heterocycles. The van der Waals surface area contributed by atoms with Gasteiger partial charge in [-0.3, -0.25) is 0 Å². The lowest BCUT2D eigenvalue weighted by Crippen LogP contribution is -2.13. The van der Waals surface area contributed by atoms with Gasteiger partial charge in [0.25, 0.3) is 0 Å². The fourth-order valence-corrected chi connectivity index (χ4v) is 5.82. The Morgan fingerprint density at radius 3 is 1.68 bits per heavy atom. The predicted molar refractivity (Wildman–Crippen MR) is 159 cm³/mol. The van der Waals surface area contributed by atoms with E-state index in [0.29, 0.717) is 5.92 Å². The molecule has 1 aliphatic heterocycles. The number of hydrogen-bond acceptors (Lipinski definition) is 5. The lowest BCUT2D eigenvalue weighted by Gasteiger charge is -2.31. The van der Waals surface area contributed by atoms with Gasteiger partial charge in [0.05, 0.1) is 13.2 Å². The van der Waals surface area contributed by atoms with E-state index in [-0.39, 0.29) is 32.3 Å². The minimum atomic E-state index is -0.0485. The molecule has 5 nitrogen and oxygen atoms in total. The van der Waals surface area contributed by atoms with Gasteiger partial charge in [0.2, 0.25) is 0 Å². The van der Waals surface area contributed by atoms with Crippen LogP contribution in [-0.2, 0) is 6.42 Å². The maximum absolute atomic E-state index is 9.21. The second-order valence-corrected chi connectivity index (χ2v) is 10.7. The van der Waals surface area contributed by atoms with Crippen LogP contribution in [0, 0.1) is 5.92 Å². The Morgan fingerprint density at radius 2 is 1.20 bits per heavy atom. The molecular weight excluding hydrogens is 500 g/mol. The Morgan fingerprint density at radius 1 is 0.675 bits per heavy atom. The summed E-state index contributed by atoms with van der Waals surface area (Å²) < 4.78 is 18.0. The normalized spacial score (nSPS) is 12.8. The molecule has 5 heteroatoms. The van der Waals surface area contributed by atoms with Crippen LogP contribution < -0.4 is 14.2 Å². The predicted octanol–water partition coefficient (Wildman–Crippen LogP) is 7.22. The molecule has 0 spiro atoms. The zero-order valence-corrected chi connectivity index (χ0v) is 22.9. The van der Waals surface area contributed by atoms with Crippen LogP contribution in [0.25, 0.3) is 21.5 Å². The molecule has 0 aliphatic carbocycles. The van der Waals surface area contributed by atoms with E-state index in [2.05, 4.69) is 62.4 Å². The van der Waals surface area contributed by atoms with Crippen molar-refractivity contribution in [3.63, 3.8) is 0 Å². The molecule has 1 aliphatic rings. The number of aliphatic hydroxyl groups is 2. The third kappa shape index (κ3) is 4.99. The average Bonchev–Trinajstić information content (AvgIpc) is 2.97. The highest BCUT2D eigenvalue weighted by molar-refractivity contribution is 5.96. The summed E-state index contributed by atoms with van der Waals surface area (Å²) in [5.41, 5.74) is 4.80. The quantitative estimate of drug-likeness (QED) is 0.205. The third-order valence-electron chi connectivity index (χ3n) is 7.46. The molecule has 0 saturated carbocycles. The summed E-state index contributed by atoms with van der Waals surface area (Å²) in [7, 11) is 0. The number of benzene rings is 5. The van der Waals surface area contributed by atoms with Gasteiger partial charge in [0.1, 0.15) is 36.2 Å². The number of fused-ring (bicyclic) bond motifs is 6. The highest BCUT2D eigenvalue weighted by Gasteiger charge is 2.32. The molecule has 2 N–H and O–H groups in total. The monoisotopic (exact) mass is 534 g/mol. The van der Waals surface area contributed by atoms with Crippen LogP contribution in [0.1, 0.15) is 42.0 Å². The van der Waals surface area contributed by atoms with Gasteiger partial charge in [-0.15, -0.1) is 0 Å². The van der Waals surface area contributed by atoms with E-state index < -0.39 is 0 Å². The number of aliphatic hydroxyl groups excluding tert-OH is 2. The van der Waals surface area contributed by atoms with Gasteiger partial charge in [0.15, 0.2) is 0 Å². The van der Waals surface area contributed by atoms with E-state index in [4.69, 9.17) is 14.2 Å². The molecule has 0 aromatic heterocycles. The van der Waals surface area contributed by atoms with Gasteiger partial charge >= 0.3 is 0 Å². The molecule has 204 valence electrons. The standard InChI is InChI=1S/C35H34O5/c1-22(2)19-23-3-5-24(6-4-23)33-34-29-11-9-27(38-17-15-36)20-25(29)7-13-31(34)40-32-14-8-26-21-28(39-18-16-37)10-12-30(26)35(32)33/h3-14,20-22,33,36-37H,15-19H2,1-2H3. The SMILES string of the molecule is CC(C)Cc1ccc(C2c3c(ccc4cc(OCCO)ccc34)Oc3ccc4cc(OCCO)ccc4c32)cc1. The van der Waals surface area contributed by atoms with E-state index in [9.17, 15) is 10.2 Å². The molecule has 5 aromatic rings. The molecular formula is C35H34O5. The highest BCUT2D eigenvalue weighted by Crippen LogP contribution is 2.52. The van der Waals surface area contributed by atoms with Crippen molar-refractivity contribution in [3.05, 3.63) is 107 Å². The topological polar surface area (TPSA) is 68.2 Å². The van der Waals surface area contributed by atoms with Crippen LogP contribution in [0.3, 0.4) is 0 Å². The van der Waals surface area contributed by atoms with E-state index >= 15 is 0 Å². The van der Waals surface area contributed by atoms with Crippen LogP contribution in [-0.4, -0.2) is 36.6 Å². The second kappa shape index (κ2) is 11.2.